The molecule has 0 spiro atoms. The Balaban J connectivity index is 2.80. The molecule has 134 valence electrons. The van der Waals surface area contributed by atoms with Crippen LogP contribution in [0.5, 0.6) is 11.5 Å². The minimum atomic E-state index is -6.82. The highest BCUT2D eigenvalue weighted by molar-refractivity contribution is 5.45. The lowest BCUT2D eigenvalue weighted by molar-refractivity contribution is -0.361. The summed E-state index contributed by atoms with van der Waals surface area (Å²) in [6.07, 6.45) is -13.1. The van der Waals surface area contributed by atoms with Crippen LogP contribution >= 0.6 is 0 Å². The van der Waals surface area contributed by atoms with Crippen LogP contribution in [-0.2, 0) is 0 Å². The number of benzene rings is 1. The van der Waals surface area contributed by atoms with Crippen LogP contribution in [-0.4, -0.2) is 24.1 Å². The Labute approximate surface area is 126 Å². The highest BCUT2D eigenvalue weighted by Crippen LogP contribution is 2.56. The summed E-state index contributed by atoms with van der Waals surface area (Å²) >= 11 is 0. The molecular formula is C12H4F10O2. The molecule has 1 atom stereocenters. The maximum atomic E-state index is 14.4. The van der Waals surface area contributed by atoms with E-state index in [1.54, 1.807) is 0 Å². The van der Waals surface area contributed by atoms with E-state index in [-0.39, 0.29) is 0 Å². The number of alkyl halides is 9. The van der Waals surface area contributed by atoms with Gasteiger partial charge in [-0.2, -0.15) is 43.9 Å². The molecule has 0 N–H and O–H groups in total. The van der Waals surface area contributed by atoms with E-state index < -0.39 is 47.2 Å². The van der Waals surface area contributed by atoms with Gasteiger partial charge < -0.3 is 9.47 Å². The highest BCUT2D eigenvalue weighted by Gasteiger charge is 2.79. The van der Waals surface area contributed by atoms with Gasteiger partial charge in [-0.25, -0.2) is 0 Å². The minimum absolute atomic E-state index is 0.530. The maximum absolute atomic E-state index is 14.4. The second kappa shape index (κ2) is 5.18. The zero-order valence-electron chi connectivity index (χ0n) is 10.9. The summed E-state index contributed by atoms with van der Waals surface area (Å²) < 4.78 is 138. The Hall–Kier alpha value is -2.14. The zero-order valence-corrected chi connectivity index (χ0v) is 10.9. The third-order valence-electron chi connectivity index (χ3n) is 2.86. The molecule has 1 unspecified atom stereocenters. The standard InChI is InChI=1S/C12H4F10O2/c13-8-7(10(15,16)17)9(14,11(18,19)12(20,21)22)24-6-4-2-1-3-5(6)23-8/h1-4H. The SMILES string of the molecule is FC1=C(C(F)(F)F)C(F)(C(F)(F)C(F)(F)F)Oc2ccccc2O1. The van der Waals surface area contributed by atoms with Crippen molar-refractivity contribution in [2.75, 3.05) is 0 Å². The molecule has 12 heteroatoms. The van der Waals surface area contributed by atoms with Gasteiger partial charge in [0.25, 0.3) is 6.01 Å². The van der Waals surface area contributed by atoms with Gasteiger partial charge in [0.1, 0.15) is 0 Å². The first-order valence-electron chi connectivity index (χ1n) is 5.78. The Morgan fingerprint density at radius 2 is 1.33 bits per heavy atom. The van der Waals surface area contributed by atoms with Crippen LogP contribution < -0.4 is 9.47 Å². The molecule has 1 aliphatic rings. The lowest BCUT2D eigenvalue weighted by Gasteiger charge is -2.35. The average Bonchev–Trinajstić information content (AvgIpc) is 2.49. The van der Waals surface area contributed by atoms with Gasteiger partial charge >= 0.3 is 24.1 Å². The van der Waals surface area contributed by atoms with Gasteiger partial charge in [-0.3, -0.25) is 0 Å². The van der Waals surface area contributed by atoms with Gasteiger partial charge in [0, 0.05) is 0 Å². The number of halogens is 10. The van der Waals surface area contributed by atoms with Crippen LogP contribution in [0.3, 0.4) is 0 Å². The lowest BCUT2D eigenvalue weighted by atomic mass is 10.00. The topological polar surface area (TPSA) is 18.5 Å². The number of hydrogen-bond acceptors (Lipinski definition) is 2. The molecule has 1 aliphatic heterocycles. The molecule has 0 saturated carbocycles. The summed E-state index contributed by atoms with van der Waals surface area (Å²) in [7, 11) is 0. The predicted octanol–water partition coefficient (Wildman–Crippen LogP) is 5.06. The van der Waals surface area contributed by atoms with Crippen molar-refractivity contribution in [2.24, 2.45) is 0 Å². The molecule has 0 saturated heterocycles. The van der Waals surface area contributed by atoms with Crippen LogP contribution in [0.2, 0.25) is 0 Å². The molecular weight excluding hydrogens is 366 g/mol. The second-order valence-electron chi connectivity index (χ2n) is 4.46. The van der Waals surface area contributed by atoms with Gasteiger partial charge in [-0.15, -0.1) is 0 Å². The van der Waals surface area contributed by atoms with E-state index in [0.717, 1.165) is 12.1 Å². The fourth-order valence-electron chi connectivity index (χ4n) is 1.79. The molecule has 0 bridgehead atoms. The number of rotatable bonds is 1. The molecule has 1 aromatic rings. The first-order chi connectivity index (χ1) is 10.7. The van der Waals surface area contributed by atoms with Crippen LogP contribution in [0.1, 0.15) is 0 Å². The summed E-state index contributed by atoms with van der Waals surface area (Å²) in [5.41, 5.74) is -3.58. The van der Waals surface area contributed by atoms with Gasteiger partial charge in [0.2, 0.25) is 0 Å². The molecule has 0 radical (unpaired) electrons. The molecule has 0 aliphatic carbocycles. The number of para-hydroxylation sites is 2. The first kappa shape index (κ1) is 18.2. The maximum Gasteiger partial charge on any atom is 0.461 e. The number of ether oxygens (including phenoxy) is 2. The van der Waals surface area contributed by atoms with Crippen molar-refractivity contribution in [3.63, 3.8) is 0 Å². The van der Waals surface area contributed by atoms with E-state index in [0.29, 0.717) is 12.1 Å². The van der Waals surface area contributed by atoms with E-state index in [9.17, 15) is 43.9 Å². The third kappa shape index (κ3) is 2.63. The van der Waals surface area contributed by atoms with Crippen LogP contribution in [0, 0.1) is 0 Å². The van der Waals surface area contributed by atoms with Crippen LogP contribution in [0.25, 0.3) is 0 Å². The molecule has 1 aromatic carbocycles. The summed E-state index contributed by atoms with van der Waals surface area (Å²) in [4.78, 5) is 0. The average molecular weight is 370 g/mol. The van der Waals surface area contributed by atoms with E-state index in [1.807, 2.05) is 0 Å². The lowest BCUT2D eigenvalue weighted by Crippen LogP contribution is -2.60. The molecule has 1 heterocycles. The number of fused-ring (bicyclic) bond motifs is 1. The van der Waals surface area contributed by atoms with Gasteiger partial charge in [-0.1, -0.05) is 12.1 Å². The molecule has 2 nitrogen and oxygen atoms in total. The largest absolute Gasteiger partial charge is 0.461 e. The van der Waals surface area contributed by atoms with Crippen molar-refractivity contribution in [2.45, 2.75) is 24.1 Å². The van der Waals surface area contributed by atoms with Crippen molar-refractivity contribution in [3.05, 3.63) is 35.9 Å². The Morgan fingerprint density at radius 3 is 1.79 bits per heavy atom. The van der Waals surface area contributed by atoms with E-state index in [1.165, 1.54) is 0 Å². The summed E-state index contributed by atoms with van der Waals surface area (Å²) in [5.74, 6) is -15.0. The minimum Gasteiger partial charge on any atom is -0.444 e. The highest BCUT2D eigenvalue weighted by atomic mass is 19.4. The van der Waals surface area contributed by atoms with Crippen LogP contribution in [0.15, 0.2) is 35.9 Å². The Morgan fingerprint density at radius 1 is 0.833 bits per heavy atom. The zero-order chi connectivity index (χ0) is 18.6. The van der Waals surface area contributed by atoms with E-state index in [4.69, 9.17) is 0 Å². The second-order valence-corrected chi connectivity index (χ2v) is 4.46. The van der Waals surface area contributed by atoms with Crippen molar-refractivity contribution < 1.29 is 53.4 Å². The summed E-state index contributed by atoms with van der Waals surface area (Å²) in [6.45, 7) is 0. The third-order valence-corrected chi connectivity index (χ3v) is 2.86. The van der Waals surface area contributed by atoms with Crippen molar-refractivity contribution in [3.8, 4) is 11.5 Å². The first-order valence-corrected chi connectivity index (χ1v) is 5.78. The number of hydrogen-bond donors (Lipinski definition) is 0. The van der Waals surface area contributed by atoms with E-state index >= 15 is 0 Å². The summed E-state index contributed by atoms with van der Waals surface area (Å²) in [5, 5.41) is 0. The normalized spacial score (nSPS) is 22.4. The molecule has 0 aromatic heterocycles. The van der Waals surface area contributed by atoms with Crippen molar-refractivity contribution >= 4 is 0 Å². The quantitative estimate of drug-likeness (QED) is 0.643. The fraction of sp³-hybridized carbons (Fsp3) is 0.333. The van der Waals surface area contributed by atoms with Crippen molar-refractivity contribution in [1.29, 1.82) is 0 Å². The monoisotopic (exact) mass is 370 g/mol. The smallest absolute Gasteiger partial charge is 0.444 e. The molecule has 0 amide bonds. The van der Waals surface area contributed by atoms with Gasteiger partial charge in [0.15, 0.2) is 17.1 Å². The molecule has 0 fully saturated rings. The van der Waals surface area contributed by atoms with E-state index in [2.05, 4.69) is 9.47 Å². The predicted molar refractivity (Wildman–Crippen MR) is 56.7 cm³/mol. The molecule has 2 rings (SSSR count). The van der Waals surface area contributed by atoms with Crippen LogP contribution in [0.4, 0.5) is 43.9 Å². The Kier molecular flexibility index (Phi) is 3.93. The van der Waals surface area contributed by atoms with Crippen molar-refractivity contribution in [1.82, 2.24) is 0 Å². The molecule has 24 heavy (non-hydrogen) atoms. The van der Waals surface area contributed by atoms with Gasteiger partial charge in [-0.05, 0) is 12.1 Å². The summed E-state index contributed by atoms with van der Waals surface area (Å²) in [6, 6.07) is 0.0999. The van der Waals surface area contributed by atoms with Gasteiger partial charge in [0.05, 0.1) is 0 Å². The Bertz CT molecular complexity index is 675. The fourth-order valence-corrected chi connectivity index (χ4v) is 1.79.